The Bertz CT molecular complexity index is 857. The van der Waals surface area contributed by atoms with Gasteiger partial charge in [-0.15, -0.1) is 0 Å². The summed E-state index contributed by atoms with van der Waals surface area (Å²) in [6.45, 7) is 2.00. The van der Waals surface area contributed by atoms with Gasteiger partial charge in [0.05, 0.1) is 18.0 Å². The molecule has 2 N–H and O–H groups in total. The van der Waals surface area contributed by atoms with E-state index in [0.29, 0.717) is 11.1 Å². The molecule has 0 radical (unpaired) electrons. The van der Waals surface area contributed by atoms with E-state index in [4.69, 9.17) is 0 Å². The number of rotatable bonds is 5. The third-order valence-corrected chi connectivity index (χ3v) is 3.82. The molecule has 1 unspecified atom stereocenters. The molecule has 0 fully saturated rings. The predicted octanol–water partition coefficient (Wildman–Crippen LogP) is 2.78. The van der Waals surface area contributed by atoms with Gasteiger partial charge in [-0.25, -0.2) is 9.07 Å². The number of aryl methyl sites for hydroxylation is 1. The minimum absolute atomic E-state index is 0.0462. The van der Waals surface area contributed by atoms with Gasteiger partial charge in [-0.1, -0.05) is 12.1 Å². The van der Waals surface area contributed by atoms with Gasteiger partial charge in [0.2, 0.25) is 0 Å². The third kappa shape index (κ3) is 4.10. The van der Waals surface area contributed by atoms with Crippen molar-refractivity contribution in [3.8, 4) is 5.69 Å². The largest absolute Gasteiger partial charge is 0.387 e. The summed E-state index contributed by atoms with van der Waals surface area (Å²) in [5.74, 6) is -0.656. The van der Waals surface area contributed by atoms with E-state index < -0.39 is 6.10 Å². The number of hydrogen-bond acceptors (Lipinski definition) is 3. The molecule has 25 heavy (non-hydrogen) atoms. The minimum Gasteiger partial charge on any atom is -0.387 e. The van der Waals surface area contributed by atoms with Gasteiger partial charge in [0, 0.05) is 18.3 Å². The van der Waals surface area contributed by atoms with Crippen LogP contribution in [0.3, 0.4) is 0 Å². The number of amides is 1. The summed E-state index contributed by atoms with van der Waals surface area (Å²) in [4.78, 5) is 12.2. The van der Waals surface area contributed by atoms with E-state index in [1.54, 1.807) is 35.1 Å². The molecule has 0 aliphatic carbocycles. The highest BCUT2D eigenvalue weighted by molar-refractivity contribution is 5.94. The van der Waals surface area contributed by atoms with E-state index in [1.807, 2.05) is 13.1 Å². The number of carbonyl (C=O) groups excluding carboxylic acids is 1. The second-order valence-corrected chi connectivity index (χ2v) is 5.79. The lowest BCUT2D eigenvalue weighted by atomic mass is 10.1. The van der Waals surface area contributed by atoms with Crippen LogP contribution in [0.15, 0.2) is 60.9 Å². The molecule has 2 aromatic carbocycles. The summed E-state index contributed by atoms with van der Waals surface area (Å²) in [7, 11) is 0. The van der Waals surface area contributed by atoms with Crippen LogP contribution in [0.5, 0.6) is 0 Å². The molecule has 0 aliphatic rings. The Balaban J connectivity index is 1.60. The number of aliphatic hydroxyl groups excluding tert-OH is 1. The zero-order valence-electron chi connectivity index (χ0n) is 13.7. The van der Waals surface area contributed by atoms with Crippen molar-refractivity contribution in [1.82, 2.24) is 15.1 Å². The van der Waals surface area contributed by atoms with Crippen molar-refractivity contribution >= 4 is 5.91 Å². The van der Waals surface area contributed by atoms with Gasteiger partial charge in [-0.3, -0.25) is 4.79 Å². The highest BCUT2D eigenvalue weighted by Gasteiger charge is 2.11. The second-order valence-electron chi connectivity index (χ2n) is 5.79. The second kappa shape index (κ2) is 7.27. The first kappa shape index (κ1) is 16.9. The fourth-order valence-electron chi connectivity index (χ4n) is 2.41. The van der Waals surface area contributed by atoms with Crippen molar-refractivity contribution in [3.05, 3.63) is 83.4 Å². The Labute approximate surface area is 144 Å². The van der Waals surface area contributed by atoms with E-state index in [9.17, 15) is 14.3 Å². The molecular formula is C19H18FN3O2. The smallest absolute Gasteiger partial charge is 0.251 e. The first-order valence-corrected chi connectivity index (χ1v) is 7.86. The summed E-state index contributed by atoms with van der Waals surface area (Å²) >= 11 is 0. The number of benzene rings is 2. The Kier molecular flexibility index (Phi) is 4.90. The predicted molar refractivity (Wildman–Crippen MR) is 92.0 cm³/mol. The number of nitrogens with one attached hydrogen (secondary N) is 1. The van der Waals surface area contributed by atoms with E-state index in [1.165, 1.54) is 24.3 Å². The number of nitrogens with zero attached hydrogens (tertiary/aromatic N) is 2. The standard InChI is InChI=1S/C19H18FN3O2/c1-13-10-22-23(12-13)17-8-4-15(5-9-17)19(25)21-11-18(24)14-2-6-16(20)7-3-14/h2-10,12,18,24H,11H2,1H3,(H,21,25). The lowest BCUT2D eigenvalue weighted by molar-refractivity contribution is 0.0916. The number of aromatic nitrogens is 2. The van der Waals surface area contributed by atoms with Gasteiger partial charge in [0.25, 0.3) is 5.91 Å². The van der Waals surface area contributed by atoms with E-state index in [0.717, 1.165) is 11.3 Å². The molecule has 1 heterocycles. The lowest BCUT2D eigenvalue weighted by Gasteiger charge is -2.12. The maximum Gasteiger partial charge on any atom is 0.251 e. The average molecular weight is 339 g/mol. The van der Waals surface area contributed by atoms with Crippen LogP contribution >= 0.6 is 0 Å². The number of hydrogen-bond donors (Lipinski definition) is 2. The van der Waals surface area contributed by atoms with Crippen LogP contribution in [-0.2, 0) is 0 Å². The van der Waals surface area contributed by atoms with Crippen LogP contribution in [0.1, 0.15) is 27.6 Å². The highest BCUT2D eigenvalue weighted by atomic mass is 19.1. The molecule has 3 aromatic rings. The highest BCUT2D eigenvalue weighted by Crippen LogP contribution is 2.13. The molecule has 1 atom stereocenters. The molecular weight excluding hydrogens is 321 g/mol. The van der Waals surface area contributed by atoms with Gasteiger partial charge in [-0.2, -0.15) is 5.10 Å². The van der Waals surface area contributed by atoms with Crippen molar-refractivity contribution in [2.45, 2.75) is 13.0 Å². The van der Waals surface area contributed by atoms with Crippen LogP contribution < -0.4 is 5.32 Å². The fraction of sp³-hybridized carbons (Fsp3) is 0.158. The van der Waals surface area contributed by atoms with Gasteiger partial charge < -0.3 is 10.4 Å². The zero-order chi connectivity index (χ0) is 17.8. The minimum atomic E-state index is -0.893. The molecule has 6 heteroatoms. The molecule has 1 aromatic heterocycles. The van der Waals surface area contributed by atoms with Crippen LogP contribution in [-0.4, -0.2) is 27.3 Å². The Hall–Kier alpha value is -2.99. The molecule has 0 saturated carbocycles. The average Bonchev–Trinajstić information content (AvgIpc) is 3.06. The maximum atomic E-state index is 12.9. The Morgan fingerprint density at radius 2 is 1.88 bits per heavy atom. The zero-order valence-corrected chi connectivity index (χ0v) is 13.7. The van der Waals surface area contributed by atoms with Crippen LogP contribution in [0.25, 0.3) is 5.69 Å². The van der Waals surface area contributed by atoms with Gasteiger partial charge in [0.15, 0.2) is 0 Å². The normalized spacial score (nSPS) is 12.0. The molecule has 0 bridgehead atoms. The van der Waals surface area contributed by atoms with Crippen LogP contribution in [0.2, 0.25) is 0 Å². The third-order valence-electron chi connectivity index (χ3n) is 3.82. The van der Waals surface area contributed by atoms with Crippen molar-refractivity contribution in [3.63, 3.8) is 0 Å². The molecule has 0 saturated heterocycles. The number of halogens is 1. The van der Waals surface area contributed by atoms with Crippen molar-refractivity contribution < 1.29 is 14.3 Å². The molecule has 128 valence electrons. The summed E-state index contributed by atoms with van der Waals surface area (Å²) in [6, 6.07) is 12.5. The first-order chi connectivity index (χ1) is 12.0. The quantitative estimate of drug-likeness (QED) is 0.751. The maximum absolute atomic E-state index is 12.9. The summed E-state index contributed by atoms with van der Waals surface area (Å²) < 4.78 is 14.6. The SMILES string of the molecule is Cc1cnn(-c2ccc(C(=O)NCC(O)c3ccc(F)cc3)cc2)c1. The Morgan fingerprint density at radius 3 is 2.48 bits per heavy atom. The Morgan fingerprint density at radius 1 is 1.20 bits per heavy atom. The topological polar surface area (TPSA) is 67.2 Å². The molecule has 1 amide bonds. The molecule has 0 spiro atoms. The van der Waals surface area contributed by atoms with Crippen LogP contribution in [0.4, 0.5) is 4.39 Å². The van der Waals surface area contributed by atoms with Gasteiger partial charge in [-0.05, 0) is 54.4 Å². The summed E-state index contributed by atoms with van der Waals surface area (Å²) in [5.41, 5.74) is 2.94. The van der Waals surface area contributed by atoms with E-state index in [2.05, 4.69) is 10.4 Å². The molecule has 5 nitrogen and oxygen atoms in total. The monoisotopic (exact) mass is 339 g/mol. The van der Waals surface area contributed by atoms with E-state index in [-0.39, 0.29) is 18.3 Å². The van der Waals surface area contributed by atoms with Crippen molar-refractivity contribution in [1.29, 1.82) is 0 Å². The first-order valence-electron chi connectivity index (χ1n) is 7.86. The van der Waals surface area contributed by atoms with Crippen molar-refractivity contribution in [2.24, 2.45) is 0 Å². The van der Waals surface area contributed by atoms with Gasteiger partial charge in [0.1, 0.15) is 5.82 Å². The fourth-order valence-corrected chi connectivity index (χ4v) is 2.41. The number of aliphatic hydroxyl groups is 1. The summed E-state index contributed by atoms with van der Waals surface area (Å²) in [5, 5.41) is 16.9. The number of carbonyl (C=O) groups is 1. The lowest BCUT2D eigenvalue weighted by Crippen LogP contribution is -2.28. The van der Waals surface area contributed by atoms with Crippen LogP contribution in [0, 0.1) is 12.7 Å². The molecule has 3 rings (SSSR count). The van der Waals surface area contributed by atoms with E-state index >= 15 is 0 Å². The van der Waals surface area contributed by atoms with Crippen molar-refractivity contribution in [2.75, 3.05) is 6.54 Å². The molecule has 0 aliphatic heterocycles. The summed E-state index contributed by atoms with van der Waals surface area (Å²) in [6.07, 6.45) is 2.77. The van der Waals surface area contributed by atoms with Gasteiger partial charge >= 0.3 is 0 Å².